The van der Waals surface area contributed by atoms with Crippen LogP contribution in [0.1, 0.15) is 73.0 Å². The third-order valence-electron chi connectivity index (χ3n) is 4.13. The average Bonchev–Trinajstić information content (AvgIpc) is 2.84. The topological polar surface area (TPSA) is 55.4 Å². The molecule has 1 aromatic rings. The maximum atomic E-state index is 11.9. The second kappa shape index (κ2) is 8.08. The number of hydrogen-bond acceptors (Lipinski definition) is 4. The number of hydroxylamine groups is 1. The number of nitrogens with one attached hydrogen (secondary N) is 1. The Morgan fingerprint density at radius 2 is 2.00 bits per heavy atom. The van der Waals surface area contributed by atoms with Gasteiger partial charge in [0.15, 0.2) is 5.78 Å². The smallest absolute Gasteiger partial charge is 0.321 e. The molecule has 4 nitrogen and oxygen atoms in total. The minimum absolute atomic E-state index is 0.223. The number of benzene rings is 1. The van der Waals surface area contributed by atoms with Crippen molar-refractivity contribution >= 4 is 11.8 Å². The standard InChI is InChI=1S/C18H25NO3/c1-3-4-5-6-7-14-10-15-8-9-18(21)17(15)11-16(14)12-19-22-13(2)20/h10-11,19H,3-9,12H2,1-2H3. The van der Waals surface area contributed by atoms with Crippen LogP contribution in [0.5, 0.6) is 0 Å². The average molecular weight is 303 g/mol. The number of aryl methyl sites for hydroxylation is 2. The van der Waals surface area contributed by atoms with Gasteiger partial charge in [-0.15, -0.1) is 5.48 Å². The Morgan fingerprint density at radius 3 is 2.73 bits per heavy atom. The predicted molar refractivity (Wildman–Crippen MR) is 85.5 cm³/mol. The Morgan fingerprint density at radius 1 is 1.18 bits per heavy atom. The highest BCUT2D eigenvalue weighted by Crippen LogP contribution is 2.27. The van der Waals surface area contributed by atoms with Gasteiger partial charge in [-0.3, -0.25) is 9.59 Å². The van der Waals surface area contributed by atoms with Crippen molar-refractivity contribution in [1.82, 2.24) is 5.48 Å². The normalized spacial score (nSPS) is 13.3. The lowest BCUT2D eigenvalue weighted by molar-refractivity contribution is -0.148. The molecule has 0 heterocycles. The Balaban J connectivity index is 2.10. The first-order chi connectivity index (χ1) is 10.6. The summed E-state index contributed by atoms with van der Waals surface area (Å²) >= 11 is 0. The fraction of sp³-hybridized carbons (Fsp3) is 0.556. The van der Waals surface area contributed by atoms with Crippen LogP contribution in [0, 0.1) is 0 Å². The van der Waals surface area contributed by atoms with Crippen molar-refractivity contribution < 1.29 is 14.4 Å². The maximum Gasteiger partial charge on any atom is 0.321 e. The molecule has 0 radical (unpaired) electrons. The van der Waals surface area contributed by atoms with Crippen LogP contribution in [0.15, 0.2) is 12.1 Å². The van der Waals surface area contributed by atoms with E-state index in [4.69, 9.17) is 4.84 Å². The molecular formula is C18H25NO3. The first-order valence-corrected chi connectivity index (χ1v) is 8.20. The molecule has 1 aliphatic rings. The fourth-order valence-electron chi connectivity index (χ4n) is 2.94. The van der Waals surface area contributed by atoms with E-state index in [0.717, 1.165) is 30.4 Å². The molecule has 0 unspecified atom stereocenters. The van der Waals surface area contributed by atoms with Gasteiger partial charge < -0.3 is 4.84 Å². The van der Waals surface area contributed by atoms with Gasteiger partial charge in [-0.05, 0) is 42.0 Å². The third-order valence-corrected chi connectivity index (χ3v) is 4.13. The number of fused-ring (bicyclic) bond motifs is 1. The second-order valence-electron chi connectivity index (χ2n) is 5.93. The summed E-state index contributed by atoms with van der Waals surface area (Å²) in [7, 11) is 0. The molecule has 1 N–H and O–H groups in total. The maximum absolute atomic E-state index is 11.9. The van der Waals surface area contributed by atoms with Gasteiger partial charge >= 0.3 is 5.97 Å². The minimum Gasteiger partial charge on any atom is -0.371 e. The molecule has 0 saturated heterocycles. The molecule has 0 bridgehead atoms. The van der Waals surface area contributed by atoms with E-state index in [2.05, 4.69) is 18.5 Å². The predicted octanol–water partition coefficient (Wildman–Crippen LogP) is 3.51. The van der Waals surface area contributed by atoms with E-state index in [-0.39, 0.29) is 11.8 Å². The Kier molecular flexibility index (Phi) is 6.13. The van der Waals surface area contributed by atoms with Crippen molar-refractivity contribution in [2.24, 2.45) is 0 Å². The van der Waals surface area contributed by atoms with Gasteiger partial charge in [0.1, 0.15) is 0 Å². The van der Waals surface area contributed by atoms with Crippen LogP contribution < -0.4 is 5.48 Å². The van der Waals surface area contributed by atoms with Crippen LogP contribution >= 0.6 is 0 Å². The number of Topliss-reactive ketones (excluding diaryl/α,β-unsaturated/α-hetero) is 1. The van der Waals surface area contributed by atoms with E-state index in [0.29, 0.717) is 13.0 Å². The highest BCUT2D eigenvalue weighted by Gasteiger charge is 2.21. The van der Waals surface area contributed by atoms with Gasteiger partial charge in [-0.2, -0.15) is 0 Å². The van der Waals surface area contributed by atoms with E-state index in [9.17, 15) is 9.59 Å². The summed E-state index contributed by atoms with van der Waals surface area (Å²) in [6.45, 7) is 4.02. The molecule has 0 atom stereocenters. The highest BCUT2D eigenvalue weighted by molar-refractivity contribution is 6.00. The zero-order valence-corrected chi connectivity index (χ0v) is 13.5. The van der Waals surface area contributed by atoms with Crippen molar-refractivity contribution in [2.75, 3.05) is 0 Å². The fourth-order valence-corrected chi connectivity index (χ4v) is 2.94. The SMILES string of the molecule is CCCCCCc1cc2c(cc1CNOC(C)=O)C(=O)CC2. The van der Waals surface area contributed by atoms with E-state index >= 15 is 0 Å². The first kappa shape index (κ1) is 16.7. The lowest BCUT2D eigenvalue weighted by Crippen LogP contribution is -2.18. The van der Waals surface area contributed by atoms with Gasteiger partial charge in [-0.1, -0.05) is 32.3 Å². The molecule has 0 fully saturated rings. The molecule has 0 amide bonds. The van der Waals surface area contributed by atoms with Crippen molar-refractivity contribution in [3.05, 3.63) is 34.4 Å². The monoisotopic (exact) mass is 303 g/mol. The Bertz CT molecular complexity index is 552. The summed E-state index contributed by atoms with van der Waals surface area (Å²) in [5.41, 5.74) is 7.04. The van der Waals surface area contributed by atoms with E-state index in [1.807, 2.05) is 6.07 Å². The van der Waals surface area contributed by atoms with Crippen molar-refractivity contribution in [3.8, 4) is 0 Å². The van der Waals surface area contributed by atoms with Crippen LogP contribution in [0.25, 0.3) is 0 Å². The second-order valence-corrected chi connectivity index (χ2v) is 5.93. The van der Waals surface area contributed by atoms with Crippen molar-refractivity contribution in [3.63, 3.8) is 0 Å². The summed E-state index contributed by atoms with van der Waals surface area (Å²) in [6, 6.07) is 4.16. The van der Waals surface area contributed by atoms with Crippen molar-refractivity contribution in [2.45, 2.75) is 65.3 Å². The molecule has 22 heavy (non-hydrogen) atoms. The van der Waals surface area contributed by atoms with Gasteiger partial charge in [0, 0.05) is 18.9 Å². The molecule has 0 aromatic heterocycles. The molecule has 0 aliphatic heterocycles. The van der Waals surface area contributed by atoms with Crippen LogP contribution in [-0.4, -0.2) is 11.8 Å². The lowest BCUT2D eigenvalue weighted by atomic mass is 9.95. The van der Waals surface area contributed by atoms with Crippen LogP contribution in [0.2, 0.25) is 0 Å². The third kappa shape index (κ3) is 4.41. The molecule has 0 saturated carbocycles. The molecule has 4 heteroatoms. The number of hydrogen-bond donors (Lipinski definition) is 1. The Hall–Kier alpha value is -1.68. The highest BCUT2D eigenvalue weighted by atomic mass is 16.7. The quantitative estimate of drug-likeness (QED) is 0.590. The van der Waals surface area contributed by atoms with Gasteiger partial charge in [0.2, 0.25) is 0 Å². The number of rotatable bonds is 8. The van der Waals surface area contributed by atoms with E-state index in [1.54, 1.807) is 0 Å². The zero-order valence-electron chi connectivity index (χ0n) is 13.5. The summed E-state index contributed by atoms with van der Waals surface area (Å²) < 4.78 is 0. The van der Waals surface area contributed by atoms with E-state index < -0.39 is 0 Å². The lowest BCUT2D eigenvalue weighted by Gasteiger charge is -2.13. The van der Waals surface area contributed by atoms with Crippen molar-refractivity contribution in [1.29, 1.82) is 0 Å². The summed E-state index contributed by atoms with van der Waals surface area (Å²) in [5, 5.41) is 0. The number of ketones is 1. The molecule has 2 rings (SSSR count). The molecule has 1 aliphatic carbocycles. The van der Waals surface area contributed by atoms with Gasteiger partial charge in [-0.25, -0.2) is 0 Å². The largest absolute Gasteiger partial charge is 0.371 e. The molecule has 120 valence electrons. The summed E-state index contributed by atoms with van der Waals surface area (Å²) in [4.78, 5) is 27.6. The minimum atomic E-state index is -0.360. The number of carbonyl (C=O) groups is 2. The summed E-state index contributed by atoms with van der Waals surface area (Å²) in [6.07, 6.45) is 7.34. The van der Waals surface area contributed by atoms with E-state index in [1.165, 1.54) is 37.3 Å². The van der Waals surface area contributed by atoms with Crippen LogP contribution in [-0.2, 0) is 29.0 Å². The Labute approximate surface area is 132 Å². The van der Waals surface area contributed by atoms with Crippen LogP contribution in [0.4, 0.5) is 0 Å². The molecular weight excluding hydrogens is 278 g/mol. The van der Waals surface area contributed by atoms with Gasteiger partial charge in [0.05, 0.1) is 6.54 Å². The first-order valence-electron chi connectivity index (χ1n) is 8.20. The molecule has 0 spiro atoms. The summed E-state index contributed by atoms with van der Waals surface area (Å²) in [5.74, 6) is -0.136. The number of carbonyl (C=O) groups excluding carboxylic acids is 2. The molecule has 1 aromatic carbocycles. The zero-order chi connectivity index (χ0) is 15.9. The van der Waals surface area contributed by atoms with Crippen LogP contribution in [0.3, 0.4) is 0 Å². The number of unbranched alkanes of at least 4 members (excludes halogenated alkanes) is 3. The van der Waals surface area contributed by atoms with Gasteiger partial charge in [0.25, 0.3) is 0 Å².